The molecule has 0 spiro atoms. The van der Waals surface area contributed by atoms with Crippen LogP contribution in [0.4, 0.5) is 20.3 Å². The molecule has 9 rings (SSSR count). The van der Waals surface area contributed by atoms with Gasteiger partial charge in [-0.3, -0.25) is 28.5 Å². The quantitative estimate of drug-likeness (QED) is 0.116. The SMILES string of the molecule is CC(=O)N1CCc2c(c(N3CCCc4cc(-c5cnn(CC(=O)N[C@H](C(=O)N6C[C@H](O)C[C@H]6CC(=O)NCc6ccc(-c7scnc7C)cc6)C(C)(C)C)c5)c(C(F)F)cc43)nn2C2CCOCC2)C1. The maximum absolute atomic E-state index is 15.2. The van der Waals surface area contributed by atoms with Gasteiger partial charge in [-0.2, -0.15) is 10.2 Å². The van der Waals surface area contributed by atoms with Gasteiger partial charge in [0.05, 0.1) is 41.0 Å². The summed E-state index contributed by atoms with van der Waals surface area (Å²) in [5.74, 6) is -0.524. The molecule has 7 heterocycles. The largest absolute Gasteiger partial charge is 0.391 e. The number of aliphatic hydroxyl groups is 1. The number of hydrogen-bond donors (Lipinski definition) is 3. The molecule has 70 heavy (non-hydrogen) atoms. The fraction of sp³-hybridized carbons (Fsp3) is 0.510. The highest BCUT2D eigenvalue weighted by Crippen LogP contribution is 2.44. The van der Waals surface area contributed by atoms with Crippen LogP contribution in [0, 0.1) is 12.3 Å². The number of likely N-dealkylation sites (tertiary alicyclic amines) is 1. The van der Waals surface area contributed by atoms with E-state index >= 15 is 8.78 Å². The summed E-state index contributed by atoms with van der Waals surface area (Å²) >= 11 is 1.57. The Morgan fingerprint density at radius 3 is 2.49 bits per heavy atom. The second kappa shape index (κ2) is 20.4. The van der Waals surface area contributed by atoms with E-state index in [2.05, 4.69) is 25.4 Å². The maximum Gasteiger partial charge on any atom is 0.264 e. The van der Waals surface area contributed by atoms with Crippen LogP contribution in [0.5, 0.6) is 0 Å². The van der Waals surface area contributed by atoms with Crippen LogP contribution in [0.15, 0.2) is 54.3 Å². The second-order valence-corrected chi connectivity index (χ2v) is 21.0. The molecular weight excluding hydrogens is 919 g/mol. The fourth-order valence-electron chi connectivity index (χ4n) is 10.4. The van der Waals surface area contributed by atoms with Crippen LogP contribution >= 0.6 is 11.3 Å². The van der Waals surface area contributed by atoms with Crippen LogP contribution in [-0.2, 0) is 56.4 Å². The first-order valence-corrected chi connectivity index (χ1v) is 25.1. The molecule has 2 saturated heterocycles. The molecule has 0 unspecified atom stereocenters. The number of hydrogen-bond acceptors (Lipinski definition) is 11. The summed E-state index contributed by atoms with van der Waals surface area (Å²) in [5.41, 5.74) is 8.11. The number of carbonyl (C=O) groups excluding carboxylic acids is 4. The number of benzene rings is 2. The Morgan fingerprint density at radius 1 is 1.01 bits per heavy atom. The number of rotatable bonds is 13. The summed E-state index contributed by atoms with van der Waals surface area (Å²) in [7, 11) is 0. The van der Waals surface area contributed by atoms with E-state index in [0.717, 1.165) is 57.8 Å². The molecule has 0 saturated carbocycles. The Balaban J connectivity index is 0.878. The molecule has 0 bridgehead atoms. The van der Waals surface area contributed by atoms with Crippen molar-refractivity contribution >= 4 is 46.5 Å². The summed E-state index contributed by atoms with van der Waals surface area (Å²) < 4.78 is 39.5. The number of aliphatic hydroxyl groups excluding tert-OH is 1. The molecule has 4 aliphatic heterocycles. The minimum atomic E-state index is -2.83. The summed E-state index contributed by atoms with van der Waals surface area (Å²) in [6.07, 6.45) is 3.28. The standard InChI is InChI=1S/C51H62F2N10O6S/c1-30-46(70-29-55-30)33-10-8-32(9-11-33)23-54-44(66)21-37-20-38(65)26-62(37)50(68)47(51(3,4)5)57-45(67)28-60-25-35(24-56-60)39-19-34-7-6-15-61(43(34)22-40(39)48(52)53)49-41-27-59(31(2)64)16-12-42(41)63(58-49)36-13-17-69-18-14-36/h8-11,19,22,24-25,29,36-38,47-48,65H,6-7,12-18,20-21,23,26-28H2,1-5H3,(H,54,66)(H,57,67)/t37-,38+,47+/m0/s1. The molecule has 19 heteroatoms. The fourth-order valence-corrected chi connectivity index (χ4v) is 11.2. The first kappa shape index (κ1) is 49.0. The predicted molar refractivity (Wildman–Crippen MR) is 260 cm³/mol. The lowest BCUT2D eigenvalue weighted by Crippen LogP contribution is -2.56. The highest BCUT2D eigenvalue weighted by atomic mass is 32.1. The molecule has 4 aliphatic rings. The molecule has 16 nitrogen and oxygen atoms in total. The number of ether oxygens (including phenoxy) is 1. The third kappa shape index (κ3) is 10.4. The van der Waals surface area contributed by atoms with Crippen LogP contribution in [0.25, 0.3) is 21.6 Å². The van der Waals surface area contributed by atoms with Crippen molar-refractivity contribution in [3.8, 4) is 21.6 Å². The van der Waals surface area contributed by atoms with Gasteiger partial charge in [-0.1, -0.05) is 45.0 Å². The third-order valence-corrected chi connectivity index (χ3v) is 15.1. The summed E-state index contributed by atoms with van der Waals surface area (Å²) in [6.45, 7) is 11.9. The van der Waals surface area contributed by atoms with Gasteiger partial charge in [0.1, 0.15) is 12.6 Å². The average Bonchev–Trinajstić information content (AvgIpc) is 4.15. The zero-order chi connectivity index (χ0) is 49.4. The van der Waals surface area contributed by atoms with Crippen molar-refractivity contribution in [2.45, 2.75) is 130 Å². The van der Waals surface area contributed by atoms with E-state index in [4.69, 9.17) is 9.84 Å². The molecular formula is C51H62F2N10O6S. The van der Waals surface area contributed by atoms with Crippen LogP contribution in [-0.4, -0.2) is 114 Å². The summed E-state index contributed by atoms with van der Waals surface area (Å²) in [4.78, 5) is 64.6. The van der Waals surface area contributed by atoms with Crippen LogP contribution in [0.3, 0.4) is 0 Å². The number of fused-ring (bicyclic) bond motifs is 2. The van der Waals surface area contributed by atoms with Crippen LogP contribution in [0.2, 0.25) is 0 Å². The van der Waals surface area contributed by atoms with Gasteiger partial charge in [0, 0.05) is 99.5 Å². The molecule has 2 aromatic carbocycles. The van der Waals surface area contributed by atoms with Crippen LogP contribution < -0.4 is 15.5 Å². The number of anilines is 2. The minimum Gasteiger partial charge on any atom is -0.391 e. The van der Waals surface area contributed by atoms with Crippen molar-refractivity contribution in [2.75, 3.05) is 37.7 Å². The topological polar surface area (TPSA) is 180 Å². The minimum absolute atomic E-state index is 0.0193. The van der Waals surface area contributed by atoms with E-state index < -0.39 is 41.8 Å². The molecule has 2 fully saturated rings. The summed E-state index contributed by atoms with van der Waals surface area (Å²) in [5, 5.41) is 26.2. The number of β-amino-alcohol motifs (C(OH)–C–C–N with tert-alkyl or cyclic N) is 1. The van der Waals surface area contributed by atoms with Crippen molar-refractivity contribution in [1.29, 1.82) is 0 Å². The third-order valence-electron chi connectivity index (χ3n) is 14.1. The molecule has 372 valence electrons. The van der Waals surface area contributed by atoms with E-state index in [1.807, 2.05) is 67.3 Å². The van der Waals surface area contributed by atoms with Gasteiger partial charge in [0.2, 0.25) is 23.6 Å². The monoisotopic (exact) mass is 980 g/mol. The van der Waals surface area contributed by atoms with Gasteiger partial charge in [-0.25, -0.2) is 13.8 Å². The Hall–Kier alpha value is -6.05. The summed E-state index contributed by atoms with van der Waals surface area (Å²) in [6, 6.07) is 9.81. The molecule has 3 aromatic heterocycles. The number of carbonyl (C=O) groups is 4. The molecule has 5 aromatic rings. The van der Waals surface area contributed by atoms with E-state index in [9.17, 15) is 24.3 Å². The van der Waals surface area contributed by atoms with Gasteiger partial charge >= 0.3 is 0 Å². The van der Waals surface area contributed by atoms with Crippen molar-refractivity contribution in [1.82, 2.24) is 45.0 Å². The van der Waals surface area contributed by atoms with Gasteiger partial charge in [0.25, 0.3) is 6.43 Å². The molecule has 0 aliphatic carbocycles. The lowest BCUT2D eigenvalue weighted by atomic mass is 9.85. The average molecular weight is 981 g/mol. The highest BCUT2D eigenvalue weighted by Gasteiger charge is 2.43. The second-order valence-electron chi connectivity index (χ2n) is 20.1. The van der Waals surface area contributed by atoms with Crippen molar-refractivity contribution in [3.05, 3.63) is 87.9 Å². The van der Waals surface area contributed by atoms with E-state index in [0.29, 0.717) is 74.9 Å². The van der Waals surface area contributed by atoms with Crippen molar-refractivity contribution in [3.63, 3.8) is 0 Å². The number of halogens is 2. The van der Waals surface area contributed by atoms with Gasteiger partial charge in [-0.15, -0.1) is 11.3 Å². The number of nitrogens with zero attached hydrogens (tertiary/aromatic N) is 8. The molecule has 0 radical (unpaired) electrons. The lowest BCUT2D eigenvalue weighted by Gasteiger charge is -2.35. The van der Waals surface area contributed by atoms with Gasteiger partial charge in [-0.05, 0) is 78.8 Å². The Morgan fingerprint density at radius 2 is 1.79 bits per heavy atom. The maximum atomic E-state index is 15.2. The zero-order valence-corrected chi connectivity index (χ0v) is 41.2. The predicted octanol–water partition coefficient (Wildman–Crippen LogP) is 6.66. The van der Waals surface area contributed by atoms with E-state index in [-0.39, 0.29) is 49.4 Å². The smallest absolute Gasteiger partial charge is 0.264 e. The Labute approximate surface area is 410 Å². The lowest BCUT2D eigenvalue weighted by molar-refractivity contribution is -0.141. The number of alkyl halides is 2. The number of thiazole rings is 1. The van der Waals surface area contributed by atoms with Gasteiger partial charge < -0.3 is 35.2 Å². The first-order valence-electron chi connectivity index (χ1n) is 24.2. The van der Waals surface area contributed by atoms with Crippen molar-refractivity contribution in [2.24, 2.45) is 5.41 Å². The Bertz CT molecular complexity index is 2740. The molecule has 3 atom stereocenters. The Kier molecular flexibility index (Phi) is 14.2. The number of amides is 4. The normalized spacial score (nSPS) is 19.0. The van der Waals surface area contributed by atoms with Gasteiger partial charge in [0.15, 0.2) is 5.82 Å². The highest BCUT2D eigenvalue weighted by molar-refractivity contribution is 7.13. The number of aryl methyl sites for hydroxylation is 2. The van der Waals surface area contributed by atoms with Crippen LogP contribution in [0.1, 0.15) is 106 Å². The first-order chi connectivity index (χ1) is 33.5. The molecule has 4 amide bonds. The zero-order valence-electron chi connectivity index (χ0n) is 40.4. The molecule has 3 N–H and O–H groups in total. The number of aromatic nitrogens is 5. The van der Waals surface area contributed by atoms with E-state index in [1.165, 1.54) is 15.8 Å². The van der Waals surface area contributed by atoms with Crippen molar-refractivity contribution < 1.29 is 37.8 Å². The van der Waals surface area contributed by atoms with E-state index in [1.54, 1.807) is 36.6 Å². The number of nitrogens with one attached hydrogen (secondary N) is 2.